The first-order chi connectivity index (χ1) is 11.6. The Labute approximate surface area is 140 Å². The number of anilines is 1. The van der Waals surface area contributed by atoms with Crippen LogP contribution in [0.15, 0.2) is 54.7 Å². The molecule has 0 aliphatic carbocycles. The monoisotopic (exact) mass is 324 g/mol. The van der Waals surface area contributed by atoms with E-state index in [4.69, 9.17) is 9.47 Å². The summed E-state index contributed by atoms with van der Waals surface area (Å²) in [6.45, 7) is 1.87. The second-order valence-electron chi connectivity index (χ2n) is 5.51. The first-order valence-corrected chi connectivity index (χ1v) is 7.72. The second-order valence-corrected chi connectivity index (χ2v) is 5.51. The number of amides is 1. The molecule has 0 saturated carbocycles. The standard InChI is InChI=1S/C19H20N2O3/c1-13(19(22)20-16-6-4-5-7-18(16)24-3)21-11-10-14-12-15(23-2)8-9-17(14)21/h4-13H,1-3H3,(H,20,22). The predicted molar refractivity (Wildman–Crippen MR) is 94.8 cm³/mol. The normalized spacial score (nSPS) is 12.0. The molecule has 0 spiro atoms. The number of ether oxygens (including phenoxy) is 2. The largest absolute Gasteiger partial charge is 0.497 e. The van der Waals surface area contributed by atoms with Crippen LogP contribution in [0.1, 0.15) is 13.0 Å². The Balaban J connectivity index is 1.86. The minimum Gasteiger partial charge on any atom is -0.497 e. The van der Waals surface area contributed by atoms with E-state index in [9.17, 15) is 4.79 Å². The molecule has 0 radical (unpaired) electrons. The van der Waals surface area contributed by atoms with Crippen molar-refractivity contribution in [3.63, 3.8) is 0 Å². The number of nitrogens with zero attached hydrogens (tertiary/aromatic N) is 1. The van der Waals surface area contributed by atoms with Crippen LogP contribution in [0.3, 0.4) is 0 Å². The number of hydrogen-bond donors (Lipinski definition) is 1. The maximum Gasteiger partial charge on any atom is 0.247 e. The van der Waals surface area contributed by atoms with Crippen LogP contribution in [0.4, 0.5) is 5.69 Å². The van der Waals surface area contributed by atoms with Gasteiger partial charge in [0.25, 0.3) is 0 Å². The number of aromatic nitrogens is 1. The van der Waals surface area contributed by atoms with Gasteiger partial charge in [-0.25, -0.2) is 0 Å². The average Bonchev–Trinajstić information content (AvgIpc) is 3.04. The minimum atomic E-state index is -0.360. The highest BCUT2D eigenvalue weighted by atomic mass is 16.5. The van der Waals surface area contributed by atoms with Crippen LogP contribution < -0.4 is 14.8 Å². The Hall–Kier alpha value is -2.95. The summed E-state index contributed by atoms with van der Waals surface area (Å²) in [5.74, 6) is 1.33. The number of fused-ring (bicyclic) bond motifs is 1. The summed E-state index contributed by atoms with van der Waals surface area (Å²) < 4.78 is 12.5. The molecule has 0 fully saturated rings. The van der Waals surface area contributed by atoms with E-state index < -0.39 is 0 Å². The Morgan fingerprint density at radius 1 is 1.08 bits per heavy atom. The Morgan fingerprint density at radius 2 is 1.88 bits per heavy atom. The van der Waals surface area contributed by atoms with Gasteiger partial charge >= 0.3 is 0 Å². The third-order valence-corrected chi connectivity index (χ3v) is 4.09. The van der Waals surface area contributed by atoms with Gasteiger partial charge in [-0.1, -0.05) is 12.1 Å². The number of nitrogens with one attached hydrogen (secondary N) is 1. The van der Waals surface area contributed by atoms with Gasteiger partial charge in [0.1, 0.15) is 17.5 Å². The molecule has 0 aliphatic rings. The molecule has 0 bridgehead atoms. The highest BCUT2D eigenvalue weighted by Gasteiger charge is 2.18. The smallest absolute Gasteiger partial charge is 0.247 e. The van der Waals surface area contributed by atoms with Gasteiger partial charge in [-0.05, 0) is 43.3 Å². The minimum absolute atomic E-state index is 0.104. The third-order valence-electron chi connectivity index (χ3n) is 4.09. The summed E-state index contributed by atoms with van der Waals surface area (Å²) in [6.07, 6.45) is 1.91. The van der Waals surface area contributed by atoms with Crippen LogP contribution in [0.2, 0.25) is 0 Å². The fraction of sp³-hybridized carbons (Fsp3) is 0.211. The number of hydrogen-bond acceptors (Lipinski definition) is 3. The van der Waals surface area contributed by atoms with E-state index >= 15 is 0 Å². The molecule has 5 heteroatoms. The quantitative estimate of drug-likeness (QED) is 0.775. The molecule has 3 rings (SSSR count). The predicted octanol–water partition coefficient (Wildman–Crippen LogP) is 3.86. The molecule has 1 heterocycles. The van der Waals surface area contributed by atoms with E-state index in [-0.39, 0.29) is 11.9 Å². The van der Waals surface area contributed by atoms with Crippen molar-refractivity contribution in [1.82, 2.24) is 4.57 Å². The summed E-state index contributed by atoms with van der Waals surface area (Å²) in [4.78, 5) is 12.6. The summed E-state index contributed by atoms with van der Waals surface area (Å²) >= 11 is 0. The molecule has 1 atom stereocenters. The average molecular weight is 324 g/mol. The fourth-order valence-corrected chi connectivity index (χ4v) is 2.72. The topological polar surface area (TPSA) is 52.5 Å². The maximum atomic E-state index is 12.6. The number of carbonyl (C=O) groups is 1. The zero-order valence-corrected chi connectivity index (χ0v) is 13.9. The molecule has 1 aromatic heterocycles. The van der Waals surface area contributed by atoms with Gasteiger partial charge in [-0.2, -0.15) is 0 Å². The highest BCUT2D eigenvalue weighted by molar-refractivity contribution is 5.96. The van der Waals surface area contributed by atoms with E-state index in [2.05, 4.69) is 5.32 Å². The van der Waals surface area contributed by atoms with Crippen molar-refractivity contribution in [3.8, 4) is 11.5 Å². The second kappa shape index (κ2) is 6.66. The van der Waals surface area contributed by atoms with Gasteiger partial charge in [0.05, 0.1) is 19.9 Å². The van der Waals surface area contributed by atoms with Gasteiger partial charge in [0.15, 0.2) is 0 Å². The van der Waals surface area contributed by atoms with Crippen molar-refractivity contribution >= 4 is 22.5 Å². The molecule has 1 unspecified atom stereocenters. The molecular formula is C19H20N2O3. The van der Waals surface area contributed by atoms with Crippen LogP contribution in [0.5, 0.6) is 11.5 Å². The molecule has 124 valence electrons. The summed E-state index contributed by atoms with van der Waals surface area (Å²) in [5, 5.41) is 3.96. The van der Waals surface area contributed by atoms with E-state index in [1.54, 1.807) is 14.2 Å². The van der Waals surface area contributed by atoms with Crippen molar-refractivity contribution in [3.05, 3.63) is 54.7 Å². The van der Waals surface area contributed by atoms with Crippen molar-refractivity contribution < 1.29 is 14.3 Å². The van der Waals surface area contributed by atoms with E-state index in [1.165, 1.54) is 0 Å². The zero-order chi connectivity index (χ0) is 17.1. The molecular weight excluding hydrogens is 304 g/mol. The lowest BCUT2D eigenvalue weighted by atomic mass is 10.2. The molecule has 3 aromatic rings. The van der Waals surface area contributed by atoms with Crippen molar-refractivity contribution in [2.45, 2.75) is 13.0 Å². The van der Waals surface area contributed by atoms with Crippen LogP contribution in [0, 0.1) is 0 Å². The van der Waals surface area contributed by atoms with Crippen molar-refractivity contribution in [1.29, 1.82) is 0 Å². The molecule has 0 aliphatic heterocycles. The molecule has 1 amide bonds. The third kappa shape index (κ3) is 2.93. The Kier molecular flexibility index (Phi) is 4.42. The van der Waals surface area contributed by atoms with Crippen LogP contribution in [-0.2, 0) is 4.79 Å². The Bertz CT molecular complexity index is 870. The Morgan fingerprint density at radius 3 is 2.62 bits per heavy atom. The number of para-hydroxylation sites is 2. The molecule has 1 N–H and O–H groups in total. The molecule has 24 heavy (non-hydrogen) atoms. The number of carbonyl (C=O) groups excluding carboxylic acids is 1. The van der Waals surface area contributed by atoms with Gasteiger partial charge in [0, 0.05) is 17.1 Å². The van der Waals surface area contributed by atoms with Crippen LogP contribution in [0.25, 0.3) is 10.9 Å². The number of methoxy groups -OCH3 is 2. The molecule has 2 aromatic carbocycles. The van der Waals surface area contributed by atoms with Gasteiger partial charge in [-0.15, -0.1) is 0 Å². The van der Waals surface area contributed by atoms with Crippen molar-refractivity contribution in [2.75, 3.05) is 19.5 Å². The summed E-state index contributed by atoms with van der Waals surface area (Å²) in [6, 6.07) is 14.8. The lowest BCUT2D eigenvalue weighted by Crippen LogP contribution is -2.23. The fourth-order valence-electron chi connectivity index (χ4n) is 2.72. The lowest BCUT2D eigenvalue weighted by molar-refractivity contribution is -0.118. The highest BCUT2D eigenvalue weighted by Crippen LogP contribution is 2.27. The SMILES string of the molecule is COc1ccc2c(ccn2C(C)C(=O)Nc2ccccc2OC)c1. The summed E-state index contributed by atoms with van der Waals surface area (Å²) in [7, 11) is 3.22. The lowest BCUT2D eigenvalue weighted by Gasteiger charge is -2.17. The number of benzene rings is 2. The van der Waals surface area contributed by atoms with Crippen molar-refractivity contribution in [2.24, 2.45) is 0 Å². The van der Waals surface area contributed by atoms with Crippen LogP contribution >= 0.6 is 0 Å². The van der Waals surface area contributed by atoms with Crippen LogP contribution in [-0.4, -0.2) is 24.7 Å². The number of rotatable bonds is 5. The molecule has 5 nitrogen and oxygen atoms in total. The van der Waals surface area contributed by atoms with E-state index in [0.29, 0.717) is 11.4 Å². The van der Waals surface area contributed by atoms with Gasteiger partial charge < -0.3 is 19.4 Å². The van der Waals surface area contributed by atoms with Gasteiger partial charge in [-0.3, -0.25) is 4.79 Å². The first-order valence-electron chi connectivity index (χ1n) is 7.72. The first kappa shape index (κ1) is 15.9. The maximum absolute atomic E-state index is 12.6. The van der Waals surface area contributed by atoms with E-state index in [1.807, 2.05) is 66.2 Å². The van der Waals surface area contributed by atoms with E-state index in [0.717, 1.165) is 16.7 Å². The zero-order valence-electron chi connectivity index (χ0n) is 13.9. The van der Waals surface area contributed by atoms with Gasteiger partial charge in [0.2, 0.25) is 5.91 Å². The molecule has 0 saturated heterocycles. The summed E-state index contributed by atoms with van der Waals surface area (Å²) in [5.41, 5.74) is 1.65.